The molecule has 0 saturated carbocycles. The number of aromatic nitrogens is 3. The molecule has 1 aromatic heterocycles. The Morgan fingerprint density at radius 2 is 1.70 bits per heavy atom. The van der Waals surface area contributed by atoms with Crippen LogP contribution in [0.5, 0.6) is 5.75 Å². The molecule has 0 N–H and O–H groups in total. The summed E-state index contributed by atoms with van der Waals surface area (Å²) in [6, 6.07) is 18.0. The van der Waals surface area contributed by atoms with E-state index in [0.29, 0.717) is 22.7 Å². The lowest BCUT2D eigenvalue weighted by molar-refractivity contribution is 0.0990. The molecular formula is C24H18F3N3O2S. The summed E-state index contributed by atoms with van der Waals surface area (Å²) in [5, 5.41) is 7.97. The first-order valence-electron chi connectivity index (χ1n) is 9.97. The Labute approximate surface area is 192 Å². The van der Waals surface area contributed by atoms with Crippen LogP contribution in [0.15, 0.2) is 78.0 Å². The number of halogens is 3. The number of carbonyl (C=O) groups excluding carboxylic acids is 1. The topological polar surface area (TPSA) is 57.0 Å². The fraction of sp³-hybridized carbons (Fsp3) is 0.125. The van der Waals surface area contributed by atoms with Crippen molar-refractivity contribution in [2.45, 2.75) is 23.9 Å². The fourth-order valence-corrected chi connectivity index (χ4v) is 4.08. The van der Waals surface area contributed by atoms with Gasteiger partial charge in [0.2, 0.25) is 0 Å². The molecule has 0 saturated heterocycles. The quantitative estimate of drug-likeness (QED) is 0.247. The zero-order chi connectivity index (χ0) is 23.4. The summed E-state index contributed by atoms with van der Waals surface area (Å²) < 4.78 is 48.5. The van der Waals surface area contributed by atoms with Crippen LogP contribution in [0.4, 0.5) is 13.2 Å². The molecule has 0 bridgehead atoms. The lowest BCUT2D eigenvalue weighted by Crippen LogP contribution is -2.16. The van der Waals surface area contributed by atoms with Crippen molar-refractivity contribution in [3.63, 3.8) is 0 Å². The maximum Gasteiger partial charge on any atom is 0.196 e. The van der Waals surface area contributed by atoms with Crippen LogP contribution in [-0.2, 0) is 6.61 Å². The molecule has 5 nitrogen and oxygen atoms in total. The molecule has 1 atom stereocenters. The van der Waals surface area contributed by atoms with Crippen LogP contribution in [0.1, 0.15) is 23.1 Å². The van der Waals surface area contributed by atoms with Crippen molar-refractivity contribution in [3.05, 3.63) is 102 Å². The number of benzene rings is 3. The van der Waals surface area contributed by atoms with Gasteiger partial charge in [-0.25, -0.2) is 13.2 Å². The summed E-state index contributed by atoms with van der Waals surface area (Å²) in [6.45, 7) is 1.54. The number of ketones is 1. The molecule has 0 amide bonds. The second-order valence-electron chi connectivity index (χ2n) is 7.04. The largest absolute Gasteiger partial charge is 0.483 e. The molecule has 33 heavy (non-hydrogen) atoms. The number of hydrogen-bond donors (Lipinski definition) is 0. The van der Waals surface area contributed by atoms with Crippen molar-refractivity contribution in [3.8, 4) is 11.4 Å². The van der Waals surface area contributed by atoms with E-state index >= 15 is 0 Å². The monoisotopic (exact) mass is 469 g/mol. The van der Waals surface area contributed by atoms with E-state index in [1.165, 1.54) is 12.1 Å². The molecule has 0 aliphatic rings. The van der Waals surface area contributed by atoms with Gasteiger partial charge in [-0.05, 0) is 43.3 Å². The molecule has 1 unspecified atom stereocenters. The first-order chi connectivity index (χ1) is 15.9. The van der Waals surface area contributed by atoms with Gasteiger partial charge in [-0.2, -0.15) is 0 Å². The summed E-state index contributed by atoms with van der Waals surface area (Å²) >= 11 is 1.08. The number of Topliss-reactive ketones (excluding diaryl/α,β-unsaturated/α-hetero) is 1. The average Bonchev–Trinajstić information content (AvgIpc) is 3.21. The van der Waals surface area contributed by atoms with Crippen molar-refractivity contribution >= 4 is 17.5 Å². The van der Waals surface area contributed by atoms with E-state index in [2.05, 4.69) is 10.2 Å². The lowest BCUT2D eigenvalue weighted by Gasteiger charge is -2.14. The van der Waals surface area contributed by atoms with E-state index in [1.807, 2.05) is 30.3 Å². The number of carbonyl (C=O) groups is 1. The molecule has 0 spiro atoms. The Bertz CT molecular complexity index is 1280. The van der Waals surface area contributed by atoms with Crippen molar-refractivity contribution in [2.75, 3.05) is 0 Å². The minimum absolute atomic E-state index is 0.0711. The van der Waals surface area contributed by atoms with Crippen LogP contribution in [0, 0.1) is 17.5 Å². The molecule has 9 heteroatoms. The normalized spacial score (nSPS) is 11.9. The molecule has 0 fully saturated rings. The number of hydrogen-bond acceptors (Lipinski definition) is 5. The molecule has 0 aliphatic heterocycles. The summed E-state index contributed by atoms with van der Waals surface area (Å²) in [5.74, 6) is -2.23. The van der Waals surface area contributed by atoms with Gasteiger partial charge in [-0.1, -0.05) is 42.1 Å². The molecule has 3 aromatic carbocycles. The Morgan fingerprint density at radius 1 is 0.970 bits per heavy atom. The highest BCUT2D eigenvalue weighted by molar-refractivity contribution is 8.00. The maximum atomic E-state index is 14.1. The van der Waals surface area contributed by atoms with Crippen LogP contribution in [0.25, 0.3) is 5.69 Å². The third-order valence-electron chi connectivity index (χ3n) is 4.76. The predicted molar refractivity (Wildman–Crippen MR) is 118 cm³/mol. The van der Waals surface area contributed by atoms with Gasteiger partial charge in [-0.3, -0.25) is 9.36 Å². The Balaban J connectivity index is 1.61. The minimum Gasteiger partial charge on any atom is -0.483 e. The Kier molecular flexibility index (Phi) is 6.79. The summed E-state index contributed by atoms with van der Waals surface area (Å²) in [6.07, 6.45) is 0. The first-order valence-corrected chi connectivity index (χ1v) is 10.8. The number of thioether (sulfide) groups is 1. The van der Waals surface area contributed by atoms with Crippen LogP contribution < -0.4 is 4.74 Å². The highest BCUT2D eigenvalue weighted by atomic mass is 32.2. The maximum absolute atomic E-state index is 14.1. The molecular weight excluding hydrogens is 451 g/mol. The number of ether oxygens (including phenoxy) is 1. The van der Waals surface area contributed by atoms with Crippen molar-refractivity contribution in [1.29, 1.82) is 0 Å². The number of para-hydroxylation sites is 2. The molecule has 1 heterocycles. The smallest absolute Gasteiger partial charge is 0.196 e. The highest BCUT2D eigenvalue weighted by Gasteiger charge is 2.24. The van der Waals surface area contributed by atoms with E-state index < -0.39 is 28.5 Å². The molecule has 168 valence electrons. The lowest BCUT2D eigenvalue weighted by atomic mass is 10.1. The van der Waals surface area contributed by atoms with E-state index in [4.69, 9.17) is 4.74 Å². The predicted octanol–water partition coefficient (Wildman–Crippen LogP) is 5.63. The molecule has 0 radical (unpaired) electrons. The van der Waals surface area contributed by atoms with Gasteiger partial charge in [0.25, 0.3) is 0 Å². The van der Waals surface area contributed by atoms with Gasteiger partial charge in [0.05, 0.1) is 10.8 Å². The van der Waals surface area contributed by atoms with Crippen molar-refractivity contribution in [2.24, 2.45) is 0 Å². The standard InChI is InChI=1S/C24H18F3N3O2S/c1-15(23(31)18-12-11-16(25)13-20(18)27)33-24-29-28-22(30(24)17-7-3-2-4-8-17)14-32-21-10-6-5-9-19(21)26/h2-13,15H,14H2,1H3. The SMILES string of the molecule is CC(Sc1nnc(COc2ccccc2F)n1-c1ccccc1)C(=O)c1ccc(F)cc1F. The van der Waals surface area contributed by atoms with E-state index in [-0.39, 0.29) is 17.9 Å². The number of nitrogens with zero attached hydrogens (tertiary/aromatic N) is 3. The Hall–Kier alpha value is -3.59. The zero-order valence-electron chi connectivity index (χ0n) is 17.4. The summed E-state index contributed by atoms with van der Waals surface area (Å²) in [5.41, 5.74) is 0.509. The third-order valence-corrected chi connectivity index (χ3v) is 5.80. The number of rotatable bonds is 8. The van der Waals surface area contributed by atoms with Gasteiger partial charge >= 0.3 is 0 Å². The highest BCUT2D eigenvalue weighted by Crippen LogP contribution is 2.29. The van der Waals surface area contributed by atoms with Crippen LogP contribution in [-0.4, -0.2) is 25.8 Å². The van der Waals surface area contributed by atoms with Gasteiger partial charge in [0.1, 0.15) is 18.2 Å². The van der Waals surface area contributed by atoms with Crippen molar-refractivity contribution < 1.29 is 22.7 Å². The second kappa shape index (κ2) is 9.91. The van der Waals surface area contributed by atoms with E-state index in [9.17, 15) is 18.0 Å². The fourth-order valence-electron chi connectivity index (χ4n) is 3.13. The van der Waals surface area contributed by atoms with Gasteiger partial charge in [0, 0.05) is 11.8 Å². The molecule has 4 rings (SSSR count). The van der Waals surface area contributed by atoms with Gasteiger partial charge < -0.3 is 4.74 Å². The second-order valence-corrected chi connectivity index (χ2v) is 8.35. The van der Waals surface area contributed by atoms with E-state index in [0.717, 1.165) is 23.9 Å². The van der Waals surface area contributed by atoms with Crippen LogP contribution >= 0.6 is 11.8 Å². The Morgan fingerprint density at radius 3 is 2.42 bits per heavy atom. The summed E-state index contributed by atoms with van der Waals surface area (Å²) in [7, 11) is 0. The molecule has 4 aromatic rings. The third kappa shape index (κ3) is 5.09. The average molecular weight is 469 g/mol. The van der Waals surface area contributed by atoms with Crippen molar-refractivity contribution in [1.82, 2.24) is 14.8 Å². The van der Waals surface area contributed by atoms with Crippen LogP contribution in [0.3, 0.4) is 0 Å². The van der Waals surface area contributed by atoms with Gasteiger partial charge in [-0.15, -0.1) is 10.2 Å². The van der Waals surface area contributed by atoms with Gasteiger partial charge in [0.15, 0.2) is 28.3 Å². The minimum atomic E-state index is -0.920. The first kappa shape index (κ1) is 22.6. The summed E-state index contributed by atoms with van der Waals surface area (Å²) in [4.78, 5) is 12.8. The van der Waals surface area contributed by atoms with E-state index in [1.54, 1.807) is 23.6 Å². The molecule has 0 aliphatic carbocycles. The zero-order valence-corrected chi connectivity index (χ0v) is 18.2. The van der Waals surface area contributed by atoms with Crippen LogP contribution in [0.2, 0.25) is 0 Å².